The lowest BCUT2D eigenvalue weighted by Gasteiger charge is -2.12. The molecule has 0 N–H and O–H groups in total. The molecule has 0 unspecified atom stereocenters. The molecule has 0 saturated carbocycles. The highest BCUT2D eigenvalue weighted by Crippen LogP contribution is 2.34. The van der Waals surface area contributed by atoms with Crippen molar-refractivity contribution < 1.29 is 22.3 Å². The van der Waals surface area contributed by atoms with Crippen molar-refractivity contribution in [1.29, 1.82) is 5.26 Å². The van der Waals surface area contributed by atoms with Crippen LogP contribution in [-0.4, -0.2) is 9.78 Å². The molecule has 1 heterocycles. The molecule has 8 heteroatoms. The molecule has 0 amide bonds. The van der Waals surface area contributed by atoms with E-state index in [1.54, 1.807) is 31.2 Å². The normalized spacial score (nSPS) is 10.7. The maximum Gasteiger partial charge on any atom is 0.223 e. The fraction of sp³-hybridized carbons (Fsp3) is 0.111. The number of nitriles is 1. The average molecular weight is 361 g/mol. The van der Waals surface area contributed by atoms with Gasteiger partial charge < -0.3 is 4.74 Å². The number of hydrogen-bond donors (Lipinski definition) is 0. The lowest BCUT2D eigenvalue weighted by Crippen LogP contribution is -2.06. The quantitative estimate of drug-likeness (QED) is 0.501. The zero-order valence-electron chi connectivity index (χ0n) is 13.6. The van der Waals surface area contributed by atoms with Crippen molar-refractivity contribution >= 4 is 0 Å². The number of aromatic nitrogens is 2. The molecule has 0 bridgehead atoms. The third-order valence-electron chi connectivity index (χ3n) is 3.62. The van der Waals surface area contributed by atoms with Crippen LogP contribution >= 0.6 is 0 Å². The molecule has 4 nitrogen and oxygen atoms in total. The predicted molar refractivity (Wildman–Crippen MR) is 84.1 cm³/mol. The van der Waals surface area contributed by atoms with Gasteiger partial charge in [-0.15, -0.1) is 0 Å². The summed E-state index contributed by atoms with van der Waals surface area (Å²) in [5.74, 6) is -8.66. The van der Waals surface area contributed by atoms with Gasteiger partial charge in [0.1, 0.15) is 11.6 Å². The van der Waals surface area contributed by atoms with Crippen LogP contribution in [0.5, 0.6) is 11.6 Å². The highest BCUT2D eigenvalue weighted by atomic mass is 19.2. The second-order valence-corrected chi connectivity index (χ2v) is 5.55. The van der Waals surface area contributed by atoms with Crippen molar-refractivity contribution in [2.75, 3.05) is 0 Å². The van der Waals surface area contributed by atoms with Crippen LogP contribution in [0.15, 0.2) is 30.3 Å². The Morgan fingerprint density at radius 2 is 1.54 bits per heavy atom. The van der Waals surface area contributed by atoms with E-state index < -0.39 is 34.6 Å². The fourth-order valence-electron chi connectivity index (χ4n) is 2.32. The second-order valence-electron chi connectivity index (χ2n) is 5.55. The number of halogens is 4. The van der Waals surface area contributed by atoms with E-state index in [2.05, 4.69) is 5.10 Å². The van der Waals surface area contributed by atoms with Crippen molar-refractivity contribution in [2.24, 2.45) is 0 Å². The van der Waals surface area contributed by atoms with E-state index in [-0.39, 0.29) is 5.88 Å². The molecule has 0 aliphatic carbocycles. The number of benzene rings is 2. The topological polar surface area (TPSA) is 50.8 Å². The number of hydrogen-bond acceptors (Lipinski definition) is 3. The summed E-state index contributed by atoms with van der Waals surface area (Å²) < 4.78 is 62.0. The summed E-state index contributed by atoms with van der Waals surface area (Å²) in [6, 6.07) is 9.41. The molecule has 0 saturated heterocycles. The first-order chi connectivity index (χ1) is 12.3. The van der Waals surface area contributed by atoms with Gasteiger partial charge in [0.05, 0.1) is 11.4 Å². The predicted octanol–water partition coefficient (Wildman–Crippen LogP) is 4.71. The monoisotopic (exact) mass is 361 g/mol. The number of aryl methyl sites for hydroxylation is 2. The lowest BCUT2D eigenvalue weighted by molar-refractivity contribution is 0.351. The van der Waals surface area contributed by atoms with Gasteiger partial charge in [0.15, 0.2) is 11.6 Å². The zero-order valence-corrected chi connectivity index (χ0v) is 13.6. The van der Waals surface area contributed by atoms with E-state index in [4.69, 9.17) is 10.00 Å². The van der Waals surface area contributed by atoms with Crippen molar-refractivity contribution in [3.05, 3.63) is 70.4 Å². The van der Waals surface area contributed by atoms with Gasteiger partial charge in [0, 0.05) is 6.07 Å². The average Bonchev–Trinajstić information content (AvgIpc) is 2.98. The maximum atomic E-state index is 14.1. The van der Waals surface area contributed by atoms with Crippen molar-refractivity contribution in [1.82, 2.24) is 9.78 Å². The Morgan fingerprint density at radius 3 is 2.08 bits per heavy atom. The number of ether oxygens (including phenoxy) is 1. The molecule has 0 fully saturated rings. The van der Waals surface area contributed by atoms with Crippen LogP contribution in [0.3, 0.4) is 0 Å². The highest BCUT2D eigenvalue weighted by Gasteiger charge is 2.28. The van der Waals surface area contributed by atoms with Gasteiger partial charge >= 0.3 is 0 Å². The summed E-state index contributed by atoms with van der Waals surface area (Å²) in [4.78, 5) is 0. The minimum atomic E-state index is -1.82. The maximum absolute atomic E-state index is 14.1. The SMILES string of the molecule is Cc1ccc(-n2nc(C)cc2Oc2c(F)c(F)c(C#N)c(F)c2F)cc1. The molecule has 0 atom stereocenters. The van der Waals surface area contributed by atoms with E-state index >= 15 is 0 Å². The Kier molecular flexibility index (Phi) is 4.38. The van der Waals surface area contributed by atoms with Gasteiger partial charge in [0.25, 0.3) is 0 Å². The summed E-state index contributed by atoms with van der Waals surface area (Å²) in [7, 11) is 0. The lowest BCUT2D eigenvalue weighted by atomic mass is 10.2. The van der Waals surface area contributed by atoms with Gasteiger partial charge in [-0.05, 0) is 26.0 Å². The minimum absolute atomic E-state index is 0.146. The first kappa shape index (κ1) is 17.5. The van der Waals surface area contributed by atoms with Crippen LogP contribution in [0, 0.1) is 48.4 Å². The summed E-state index contributed by atoms with van der Waals surface area (Å²) in [6.07, 6.45) is 0. The summed E-state index contributed by atoms with van der Waals surface area (Å²) >= 11 is 0. The van der Waals surface area contributed by atoms with Gasteiger partial charge in [-0.25, -0.2) is 13.5 Å². The molecule has 3 aromatic rings. The molecule has 0 radical (unpaired) electrons. The largest absolute Gasteiger partial charge is 0.432 e. The van der Waals surface area contributed by atoms with Crippen molar-refractivity contribution in [3.8, 4) is 23.4 Å². The first-order valence-electron chi connectivity index (χ1n) is 7.41. The summed E-state index contributed by atoms with van der Waals surface area (Å²) in [6.45, 7) is 3.49. The zero-order chi connectivity index (χ0) is 19.0. The summed E-state index contributed by atoms with van der Waals surface area (Å²) in [5, 5.41) is 12.8. The van der Waals surface area contributed by atoms with E-state index in [9.17, 15) is 17.6 Å². The van der Waals surface area contributed by atoms with Crippen LogP contribution in [0.4, 0.5) is 17.6 Å². The smallest absolute Gasteiger partial charge is 0.223 e. The van der Waals surface area contributed by atoms with Crippen molar-refractivity contribution in [3.63, 3.8) is 0 Å². The molecule has 2 aromatic carbocycles. The van der Waals surface area contributed by atoms with E-state index in [1.807, 2.05) is 6.92 Å². The Labute approximate surface area is 145 Å². The van der Waals surface area contributed by atoms with Crippen molar-refractivity contribution in [2.45, 2.75) is 13.8 Å². The van der Waals surface area contributed by atoms with Gasteiger partial charge in [-0.2, -0.15) is 19.1 Å². The van der Waals surface area contributed by atoms with E-state index in [0.717, 1.165) is 11.6 Å². The Morgan fingerprint density at radius 1 is 0.962 bits per heavy atom. The molecular formula is C18H11F4N3O. The van der Waals surface area contributed by atoms with Crippen LogP contribution < -0.4 is 4.74 Å². The van der Waals surface area contributed by atoms with Crippen LogP contribution in [0.25, 0.3) is 5.69 Å². The van der Waals surface area contributed by atoms with Gasteiger partial charge in [-0.3, -0.25) is 0 Å². The molecule has 0 aliphatic heterocycles. The van der Waals surface area contributed by atoms with Crippen LogP contribution in [0.1, 0.15) is 16.8 Å². The van der Waals surface area contributed by atoms with Gasteiger partial charge in [0.2, 0.25) is 23.3 Å². The Bertz CT molecular complexity index is 1010. The molecule has 132 valence electrons. The molecule has 0 aliphatic rings. The molecule has 3 rings (SSSR count). The van der Waals surface area contributed by atoms with E-state index in [1.165, 1.54) is 10.7 Å². The second kappa shape index (κ2) is 6.52. The van der Waals surface area contributed by atoms with Crippen LogP contribution in [0.2, 0.25) is 0 Å². The van der Waals surface area contributed by atoms with Gasteiger partial charge in [-0.1, -0.05) is 17.7 Å². The van der Waals surface area contributed by atoms with Crippen LogP contribution in [-0.2, 0) is 0 Å². The third-order valence-corrected chi connectivity index (χ3v) is 3.62. The number of rotatable bonds is 3. The first-order valence-corrected chi connectivity index (χ1v) is 7.41. The molecule has 26 heavy (non-hydrogen) atoms. The van der Waals surface area contributed by atoms with E-state index in [0.29, 0.717) is 11.4 Å². The third kappa shape index (κ3) is 2.88. The molecule has 0 spiro atoms. The highest BCUT2D eigenvalue weighted by molar-refractivity contribution is 5.44. The molecule has 1 aromatic heterocycles. The minimum Gasteiger partial charge on any atom is -0.432 e. The molecular weight excluding hydrogens is 350 g/mol. The Hall–Kier alpha value is -3.34. The summed E-state index contributed by atoms with van der Waals surface area (Å²) in [5.41, 5.74) is 0.606. The Balaban J connectivity index is 2.12. The fourth-order valence-corrected chi connectivity index (χ4v) is 2.32. The number of nitrogens with zero attached hydrogens (tertiary/aromatic N) is 3. The standard InChI is InChI=1S/C18H11F4N3O/c1-9-3-5-11(6-4-9)25-13(7-10(2)24-25)26-18-16(21)14(19)12(8-23)15(20)17(18)22/h3-7H,1-2H3.